The first-order valence-corrected chi connectivity index (χ1v) is 8.44. The molecule has 1 fully saturated rings. The lowest BCUT2D eigenvalue weighted by Crippen LogP contribution is -2.47. The van der Waals surface area contributed by atoms with Crippen LogP contribution in [0.15, 0.2) is 22.7 Å². The Hall–Kier alpha value is -0.560. The summed E-state index contributed by atoms with van der Waals surface area (Å²) in [4.78, 5) is 12.2. The average molecular weight is 429 g/mol. The van der Waals surface area contributed by atoms with E-state index in [0.717, 1.165) is 31.7 Å². The van der Waals surface area contributed by atoms with Crippen LogP contribution < -0.4 is 5.32 Å². The Balaban J connectivity index is 2.24. The number of hydrogen-bond donors (Lipinski definition) is 1. The Morgan fingerprint density at radius 2 is 1.90 bits per heavy atom. The Morgan fingerprint density at radius 3 is 2.43 bits per heavy atom. The van der Waals surface area contributed by atoms with Crippen molar-refractivity contribution in [3.05, 3.63) is 33.8 Å². The van der Waals surface area contributed by atoms with Gasteiger partial charge in [0.1, 0.15) is 0 Å². The molecular formula is C14H14Br2F3NO. The summed E-state index contributed by atoms with van der Waals surface area (Å²) in [6.07, 6.45) is -0.783. The van der Waals surface area contributed by atoms with Gasteiger partial charge in [-0.2, -0.15) is 13.2 Å². The van der Waals surface area contributed by atoms with Gasteiger partial charge in [-0.15, -0.1) is 0 Å². The normalized spacial score (nSPS) is 17.8. The molecule has 0 unspecified atom stereocenters. The highest BCUT2D eigenvalue weighted by Crippen LogP contribution is 2.36. The molecule has 0 bridgehead atoms. The van der Waals surface area contributed by atoms with Gasteiger partial charge in [0.05, 0.1) is 11.1 Å². The number of amides is 1. The number of carbonyl (C=O) groups is 1. The quantitative estimate of drug-likeness (QED) is 0.681. The van der Waals surface area contributed by atoms with Crippen LogP contribution in [0.2, 0.25) is 0 Å². The summed E-state index contributed by atoms with van der Waals surface area (Å²) in [6.45, 7) is 0. The third-order valence-corrected chi connectivity index (χ3v) is 5.49. The van der Waals surface area contributed by atoms with Gasteiger partial charge in [-0.05, 0) is 31.0 Å². The van der Waals surface area contributed by atoms with Gasteiger partial charge in [-0.3, -0.25) is 4.79 Å². The number of rotatable bonds is 3. The minimum absolute atomic E-state index is 0.0257. The number of hydrogen-bond acceptors (Lipinski definition) is 1. The largest absolute Gasteiger partial charge is 0.417 e. The molecule has 0 heterocycles. The highest BCUT2D eigenvalue weighted by atomic mass is 79.9. The second-order valence-corrected chi connectivity index (χ2v) is 6.68. The lowest BCUT2D eigenvalue weighted by molar-refractivity contribution is -0.138. The van der Waals surface area contributed by atoms with Crippen molar-refractivity contribution in [1.82, 2.24) is 5.32 Å². The van der Waals surface area contributed by atoms with Crippen molar-refractivity contribution in [1.29, 1.82) is 0 Å². The number of benzene rings is 1. The molecule has 0 radical (unpaired) electrons. The van der Waals surface area contributed by atoms with Crippen molar-refractivity contribution in [2.45, 2.75) is 37.4 Å². The summed E-state index contributed by atoms with van der Waals surface area (Å²) in [5.41, 5.74) is -1.16. The summed E-state index contributed by atoms with van der Waals surface area (Å²) in [5, 5.41) is 3.49. The fraction of sp³-hybridized carbons (Fsp3) is 0.500. The van der Waals surface area contributed by atoms with Crippen molar-refractivity contribution in [3.63, 3.8) is 0 Å². The van der Waals surface area contributed by atoms with Crippen LogP contribution in [-0.2, 0) is 6.18 Å². The first-order chi connectivity index (χ1) is 9.77. The fourth-order valence-corrected chi connectivity index (χ4v) is 3.71. The first kappa shape index (κ1) is 16.8. The van der Waals surface area contributed by atoms with Gasteiger partial charge < -0.3 is 5.32 Å². The van der Waals surface area contributed by atoms with E-state index in [0.29, 0.717) is 5.33 Å². The van der Waals surface area contributed by atoms with Crippen LogP contribution in [0.3, 0.4) is 0 Å². The molecule has 1 amide bonds. The van der Waals surface area contributed by atoms with Crippen molar-refractivity contribution in [3.8, 4) is 0 Å². The number of nitrogens with one attached hydrogen (secondary N) is 1. The Morgan fingerprint density at radius 1 is 1.29 bits per heavy atom. The van der Waals surface area contributed by atoms with E-state index < -0.39 is 17.6 Å². The van der Waals surface area contributed by atoms with Crippen LogP contribution in [0.5, 0.6) is 0 Å². The molecule has 1 aromatic carbocycles. The summed E-state index contributed by atoms with van der Waals surface area (Å²) in [5.74, 6) is -0.464. The summed E-state index contributed by atoms with van der Waals surface area (Å²) < 4.78 is 38.5. The highest BCUT2D eigenvalue weighted by molar-refractivity contribution is 9.10. The molecule has 0 spiro atoms. The third-order valence-electron chi connectivity index (χ3n) is 3.73. The molecule has 1 saturated carbocycles. The van der Waals surface area contributed by atoms with E-state index >= 15 is 0 Å². The van der Waals surface area contributed by atoms with Crippen LogP contribution in [0.25, 0.3) is 0 Å². The second kappa shape index (κ2) is 6.28. The number of alkyl halides is 4. The molecule has 2 rings (SSSR count). The average Bonchev–Trinajstić information content (AvgIpc) is 2.87. The maximum absolute atomic E-state index is 12.9. The molecule has 1 aromatic rings. The molecule has 0 saturated heterocycles. The molecule has 116 valence electrons. The smallest absolute Gasteiger partial charge is 0.346 e. The summed E-state index contributed by atoms with van der Waals surface area (Å²) in [6, 6.07) is 3.54. The van der Waals surface area contributed by atoms with Gasteiger partial charge in [0.25, 0.3) is 5.91 Å². The standard InChI is InChI=1S/C14H14Br2F3NO/c15-8-13(5-1-2-6-13)20-12(21)9-3-4-11(16)10(7-9)14(17,18)19/h3-4,7H,1-2,5-6,8H2,(H,20,21). The second-order valence-electron chi connectivity index (χ2n) is 5.27. The lowest BCUT2D eigenvalue weighted by atomic mass is 9.99. The summed E-state index contributed by atoms with van der Waals surface area (Å²) >= 11 is 6.26. The molecule has 1 aliphatic rings. The molecular weight excluding hydrogens is 415 g/mol. The van der Waals surface area contributed by atoms with Crippen LogP contribution in [-0.4, -0.2) is 16.8 Å². The van der Waals surface area contributed by atoms with Gasteiger partial charge in [-0.1, -0.05) is 44.7 Å². The van der Waals surface area contributed by atoms with E-state index in [1.54, 1.807) is 0 Å². The monoisotopic (exact) mass is 427 g/mol. The molecule has 1 N–H and O–H groups in total. The zero-order valence-electron chi connectivity index (χ0n) is 11.1. The molecule has 0 aromatic heterocycles. The third kappa shape index (κ3) is 3.80. The number of carbonyl (C=O) groups excluding carboxylic acids is 1. The zero-order valence-corrected chi connectivity index (χ0v) is 14.2. The maximum atomic E-state index is 12.9. The van der Waals surface area contributed by atoms with Crippen LogP contribution in [0, 0.1) is 0 Å². The van der Waals surface area contributed by atoms with E-state index in [2.05, 4.69) is 37.2 Å². The van der Waals surface area contributed by atoms with Gasteiger partial charge >= 0.3 is 6.18 Å². The first-order valence-electron chi connectivity index (χ1n) is 6.53. The van der Waals surface area contributed by atoms with Gasteiger partial charge in [-0.25, -0.2) is 0 Å². The molecule has 0 aliphatic heterocycles. The van der Waals surface area contributed by atoms with E-state index in [1.807, 2.05) is 0 Å². The SMILES string of the molecule is O=C(NC1(CBr)CCCC1)c1ccc(Br)c(C(F)(F)F)c1. The van der Waals surface area contributed by atoms with Crippen molar-refractivity contribution in [2.75, 3.05) is 5.33 Å². The topological polar surface area (TPSA) is 29.1 Å². The van der Waals surface area contributed by atoms with Crippen molar-refractivity contribution < 1.29 is 18.0 Å². The van der Waals surface area contributed by atoms with Crippen molar-refractivity contribution >= 4 is 37.8 Å². The highest BCUT2D eigenvalue weighted by Gasteiger charge is 2.36. The van der Waals surface area contributed by atoms with E-state index in [4.69, 9.17) is 0 Å². The van der Waals surface area contributed by atoms with Crippen LogP contribution >= 0.6 is 31.9 Å². The predicted molar refractivity (Wildman–Crippen MR) is 81.6 cm³/mol. The predicted octanol–water partition coefficient (Wildman–Crippen LogP) is 4.91. The van der Waals surface area contributed by atoms with Gasteiger partial charge in [0.15, 0.2) is 0 Å². The minimum atomic E-state index is -4.49. The molecule has 2 nitrogen and oxygen atoms in total. The lowest BCUT2D eigenvalue weighted by Gasteiger charge is -2.28. The Kier molecular flexibility index (Phi) is 5.03. The summed E-state index contributed by atoms with van der Waals surface area (Å²) in [7, 11) is 0. The van der Waals surface area contributed by atoms with E-state index in [1.165, 1.54) is 12.1 Å². The zero-order chi connectivity index (χ0) is 15.7. The van der Waals surface area contributed by atoms with E-state index in [9.17, 15) is 18.0 Å². The molecule has 21 heavy (non-hydrogen) atoms. The Bertz CT molecular complexity index is 540. The molecule has 7 heteroatoms. The molecule has 1 aliphatic carbocycles. The Labute approximate surface area is 137 Å². The maximum Gasteiger partial charge on any atom is 0.417 e. The van der Waals surface area contributed by atoms with Crippen LogP contribution in [0.1, 0.15) is 41.6 Å². The van der Waals surface area contributed by atoms with Crippen molar-refractivity contribution in [2.24, 2.45) is 0 Å². The minimum Gasteiger partial charge on any atom is -0.346 e. The van der Waals surface area contributed by atoms with Gasteiger partial charge in [0, 0.05) is 15.4 Å². The molecule has 0 atom stereocenters. The van der Waals surface area contributed by atoms with Crippen LogP contribution in [0.4, 0.5) is 13.2 Å². The van der Waals surface area contributed by atoms with E-state index in [-0.39, 0.29) is 15.6 Å². The fourth-order valence-electron chi connectivity index (χ4n) is 2.54. The number of halogens is 5. The van der Waals surface area contributed by atoms with Gasteiger partial charge in [0.2, 0.25) is 0 Å².